The van der Waals surface area contributed by atoms with Crippen molar-refractivity contribution in [1.82, 2.24) is 5.32 Å². The zero-order valence-electron chi connectivity index (χ0n) is 18.5. The molecule has 2 aromatic carbocycles. The lowest BCUT2D eigenvalue weighted by Gasteiger charge is -2.23. The van der Waals surface area contributed by atoms with Gasteiger partial charge in [-0.15, -0.1) is 0 Å². The van der Waals surface area contributed by atoms with Crippen molar-refractivity contribution in [2.24, 2.45) is 0 Å². The van der Waals surface area contributed by atoms with Crippen molar-refractivity contribution in [2.45, 2.75) is 65.5 Å². The number of hydrogen-bond acceptors (Lipinski definition) is 4. The van der Waals surface area contributed by atoms with Crippen LogP contribution in [0, 0.1) is 0 Å². The third kappa shape index (κ3) is 5.26. The highest BCUT2D eigenvalue weighted by atomic mass is 16.5. The minimum atomic E-state index is -0.574. The Morgan fingerprint density at radius 2 is 1.70 bits per heavy atom. The monoisotopic (exact) mass is 411 g/mol. The lowest BCUT2D eigenvalue weighted by molar-refractivity contribution is -0.127. The number of fused-ring (bicyclic) bond motifs is 1. The van der Waals surface area contributed by atoms with Crippen LogP contribution in [0.25, 0.3) is 0 Å². The number of hydrogen-bond donors (Lipinski definition) is 1. The van der Waals surface area contributed by atoms with Gasteiger partial charge in [0.2, 0.25) is 0 Å². The molecular formula is C25H33NO4. The van der Waals surface area contributed by atoms with Crippen molar-refractivity contribution < 1.29 is 19.0 Å². The Labute approximate surface area is 179 Å². The molecule has 1 aliphatic carbocycles. The van der Waals surface area contributed by atoms with Gasteiger partial charge in [-0.25, -0.2) is 0 Å². The van der Waals surface area contributed by atoms with Gasteiger partial charge in [0.05, 0.1) is 19.3 Å². The fraction of sp³-hybridized carbons (Fsp3) is 0.480. The second-order valence-electron chi connectivity index (χ2n) is 7.66. The summed E-state index contributed by atoms with van der Waals surface area (Å²) in [5, 5.41) is 3.06. The number of carbonyl (C=O) groups excluding carboxylic acids is 1. The van der Waals surface area contributed by atoms with Gasteiger partial charge >= 0.3 is 0 Å². The van der Waals surface area contributed by atoms with E-state index in [0.717, 1.165) is 24.2 Å². The number of aryl methyl sites for hydroxylation is 1. The van der Waals surface area contributed by atoms with Crippen molar-refractivity contribution in [3.05, 3.63) is 53.1 Å². The highest BCUT2D eigenvalue weighted by molar-refractivity contribution is 5.81. The molecule has 0 fully saturated rings. The summed E-state index contributed by atoms with van der Waals surface area (Å²) in [5.74, 6) is 2.11. The molecule has 30 heavy (non-hydrogen) atoms. The molecule has 0 heterocycles. The number of nitrogens with one attached hydrogen (secondary N) is 1. The van der Waals surface area contributed by atoms with E-state index in [1.165, 1.54) is 24.0 Å². The zero-order chi connectivity index (χ0) is 21.5. The molecule has 0 radical (unpaired) electrons. The minimum Gasteiger partial charge on any atom is -0.490 e. The first-order chi connectivity index (χ1) is 14.5. The average molecular weight is 412 g/mol. The Bertz CT molecular complexity index is 864. The Kier molecular flexibility index (Phi) is 7.61. The first kappa shape index (κ1) is 22.0. The van der Waals surface area contributed by atoms with E-state index in [9.17, 15) is 4.79 Å². The largest absolute Gasteiger partial charge is 0.490 e. The molecule has 3 rings (SSSR count). The molecule has 2 atom stereocenters. The number of benzene rings is 2. The Morgan fingerprint density at radius 3 is 2.47 bits per heavy atom. The van der Waals surface area contributed by atoms with Crippen LogP contribution in [0.15, 0.2) is 36.4 Å². The van der Waals surface area contributed by atoms with Crippen LogP contribution in [0.4, 0.5) is 0 Å². The Morgan fingerprint density at radius 1 is 0.967 bits per heavy atom. The van der Waals surface area contributed by atoms with Gasteiger partial charge in [-0.05, 0) is 88.3 Å². The molecule has 5 nitrogen and oxygen atoms in total. The van der Waals surface area contributed by atoms with E-state index in [-0.39, 0.29) is 11.9 Å². The molecule has 5 heteroatoms. The molecule has 0 saturated heterocycles. The fourth-order valence-electron chi connectivity index (χ4n) is 3.85. The van der Waals surface area contributed by atoms with E-state index in [0.29, 0.717) is 24.7 Å². The molecule has 0 unspecified atom stereocenters. The van der Waals surface area contributed by atoms with E-state index in [1.807, 2.05) is 51.1 Å². The van der Waals surface area contributed by atoms with Crippen LogP contribution in [0.1, 0.15) is 63.3 Å². The van der Waals surface area contributed by atoms with Gasteiger partial charge < -0.3 is 19.5 Å². The van der Waals surface area contributed by atoms with E-state index in [2.05, 4.69) is 11.4 Å². The smallest absolute Gasteiger partial charge is 0.261 e. The van der Waals surface area contributed by atoms with Crippen molar-refractivity contribution in [2.75, 3.05) is 13.2 Å². The lowest BCUT2D eigenvalue weighted by Crippen LogP contribution is -2.38. The van der Waals surface area contributed by atoms with E-state index in [1.54, 1.807) is 6.92 Å². The quantitative estimate of drug-likeness (QED) is 0.630. The standard InChI is InChI=1S/C25H33NO4/c1-5-28-23-15-14-20(16-24(23)29-6-2)17(3)26-25(27)18(4)30-22-13-9-11-19-10-7-8-12-21(19)22/h9,11,13-18H,5-8,10,12H2,1-4H3,(H,26,27)/t17-,18-/m0/s1. The second-order valence-corrected chi connectivity index (χ2v) is 7.66. The van der Waals surface area contributed by atoms with Gasteiger partial charge in [0.15, 0.2) is 17.6 Å². The average Bonchev–Trinajstić information content (AvgIpc) is 2.75. The fourth-order valence-corrected chi connectivity index (χ4v) is 3.85. The van der Waals surface area contributed by atoms with E-state index in [4.69, 9.17) is 14.2 Å². The summed E-state index contributed by atoms with van der Waals surface area (Å²) < 4.78 is 17.4. The van der Waals surface area contributed by atoms with Gasteiger partial charge in [0.25, 0.3) is 5.91 Å². The van der Waals surface area contributed by atoms with Crippen LogP contribution in [0.3, 0.4) is 0 Å². The van der Waals surface area contributed by atoms with Gasteiger partial charge in [-0.3, -0.25) is 4.79 Å². The molecule has 2 aromatic rings. The van der Waals surface area contributed by atoms with Crippen LogP contribution in [0.5, 0.6) is 17.2 Å². The maximum atomic E-state index is 12.8. The minimum absolute atomic E-state index is 0.136. The summed E-state index contributed by atoms with van der Waals surface area (Å²) in [6.07, 6.45) is 3.92. The molecule has 0 spiro atoms. The molecule has 0 saturated carbocycles. The number of carbonyl (C=O) groups is 1. The zero-order valence-corrected chi connectivity index (χ0v) is 18.5. The summed E-state index contributed by atoms with van der Waals surface area (Å²) in [4.78, 5) is 12.8. The number of rotatable bonds is 9. The number of ether oxygens (including phenoxy) is 3. The van der Waals surface area contributed by atoms with Crippen LogP contribution in [-0.4, -0.2) is 25.2 Å². The van der Waals surface area contributed by atoms with Gasteiger partial charge in [0, 0.05) is 0 Å². The highest BCUT2D eigenvalue weighted by Gasteiger charge is 2.21. The molecule has 0 aliphatic heterocycles. The molecule has 1 aliphatic rings. The molecule has 0 bridgehead atoms. The highest BCUT2D eigenvalue weighted by Crippen LogP contribution is 2.32. The molecule has 0 aromatic heterocycles. The molecule has 1 N–H and O–H groups in total. The second kappa shape index (κ2) is 10.4. The first-order valence-corrected chi connectivity index (χ1v) is 11.0. The summed E-state index contributed by atoms with van der Waals surface area (Å²) in [6, 6.07) is 11.7. The van der Waals surface area contributed by atoms with Crippen LogP contribution in [-0.2, 0) is 17.6 Å². The third-order valence-electron chi connectivity index (χ3n) is 5.45. The van der Waals surface area contributed by atoms with E-state index < -0.39 is 6.10 Å². The molecular weight excluding hydrogens is 378 g/mol. The van der Waals surface area contributed by atoms with Crippen molar-refractivity contribution >= 4 is 5.91 Å². The van der Waals surface area contributed by atoms with Crippen LogP contribution in [0.2, 0.25) is 0 Å². The van der Waals surface area contributed by atoms with Gasteiger partial charge in [-0.1, -0.05) is 18.2 Å². The van der Waals surface area contributed by atoms with E-state index >= 15 is 0 Å². The summed E-state index contributed by atoms with van der Waals surface area (Å²) in [6.45, 7) is 8.77. The van der Waals surface area contributed by atoms with Crippen LogP contribution >= 0.6 is 0 Å². The number of amides is 1. The van der Waals surface area contributed by atoms with Crippen molar-refractivity contribution in [3.8, 4) is 17.2 Å². The van der Waals surface area contributed by atoms with Gasteiger partial charge in [-0.2, -0.15) is 0 Å². The summed E-state index contributed by atoms with van der Waals surface area (Å²) in [7, 11) is 0. The lowest BCUT2D eigenvalue weighted by atomic mass is 9.91. The summed E-state index contributed by atoms with van der Waals surface area (Å²) >= 11 is 0. The maximum Gasteiger partial charge on any atom is 0.261 e. The van der Waals surface area contributed by atoms with Crippen LogP contribution < -0.4 is 19.5 Å². The van der Waals surface area contributed by atoms with Crippen molar-refractivity contribution in [1.29, 1.82) is 0 Å². The topological polar surface area (TPSA) is 56.8 Å². The SMILES string of the molecule is CCOc1ccc([C@H](C)NC(=O)[C@H](C)Oc2cccc3c2CCCC3)cc1OCC. The summed E-state index contributed by atoms with van der Waals surface area (Å²) in [5.41, 5.74) is 3.56. The normalized spacial score (nSPS) is 14.9. The third-order valence-corrected chi connectivity index (χ3v) is 5.45. The maximum absolute atomic E-state index is 12.8. The predicted molar refractivity (Wildman–Crippen MR) is 119 cm³/mol. The first-order valence-electron chi connectivity index (χ1n) is 11.0. The Hall–Kier alpha value is -2.69. The van der Waals surface area contributed by atoms with Gasteiger partial charge in [0.1, 0.15) is 5.75 Å². The Balaban J connectivity index is 1.66. The molecule has 162 valence electrons. The predicted octanol–water partition coefficient (Wildman–Crippen LogP) is 5.01. The molecule has 1 amide bonds. The van der Waals surface area contributed by atoms with Crippen molar-refractivity contribution in [3.63, 3.8) is 0 Å².